The molecule has 0 spiro atoms. The first-order valence-corrected chi connectivity index (χ1v) is 11.5. The number of esters is 1. The minimum absolute atomic E-state index is 0.0525. The first-order chi connectivity index (χ1) is 14.5. The van der Waals surface area contributed by atoms with Crippen LogP contribution in [0.15, 0.2) is 42.5 Å². The highest BCUT2D eigenvalue weighted by Crippen LogP contribution is 2.42. The number of carbonyl (C=O) groups excluding carboxylic acids is 1. The average molecular weight is 468 g/mol. The number of hydrogen-bond acceptors (Lipinski definition) is 4. The molecular formula is C23H25Cl3N2O2. The molecule has 2 aromatic carbocycles. The van der Waals surface area contributed by atoms with Crippen molar-refractivity contribution in [2.75, 3.05) is 37.7 Å². The maximum Gasteiger partial charge on any atom is 0.309 e. The molecule has 2 aliphatic rings. The second-order valence-electron chi connectivity index (χ2n) is 7.97. The normalized spacial score (nSPS) is 24.0. The van der Waals surface area contributed by atoms with Crippen LogP contribution in [0.4, 0.5) is 5.69 Å². The average Bonchev–Trinajstić information content (AvgIpc) is 3.48. The highest BCUT2D eigenvalue weighted by atomic mass is 35.5. The second kappa shape index (κ2) is 9.35. The van der Waals surface area contributed by atoms with Crippen LogP contribution in [0.3, 0.4) is 0 Å². The number of halogens is 3. The number of ether oxygens (including phenoxy) is 1. The summed E-state index contributed by atoms with van der Waals surface area (Å²) in [6, 6.07) is 13.8. The van der Waals surface area contributed by atoms with Gasteiger partial charge in [0, 0.05) is 36.2 Å². The number of hydrogen-bond donors (Lipinski definition) is 0. The van der Waals surface area contributed by atoms with Crippen molar-refractivity contribution in [3.63, 3.8) is 0 Å². The summed E-state index contributed by atoms with van der Waals surface area (Å²) in [7, 11) is 0. The van der Waals surface area contributed by atoms with Crippen LogP contribution in [0.2, 0.25) is 15.1 Å². The summed E-state index contributed by atoms with van der Waals surface area (Å²) in [5, 5.41) is 2.00. The summed E-state index contributed by atoms with van der Waals surface area (Å²) in [5.74, 6) is 0.395. The lowest BCUT2D eigenvalue weighted by atomic mass is 10.0. The molecule has 0 radical (unpaired) electrons. The minimum atomic E-state index is -0.0525. The van der Waals surface area contributed by atoms with Gasteiger partial charge in [0.05, 0.1) is 29.3 Å². The zero-order valence-electron chi connectivity index (χ0n) is 16.9. The number of nitrogens with zero attached hydrogens (tertiary/aromatic N) is 2. The molecule has 1 saturated heterocycles. The topological polar surface area (TPSA) is 32.8 Å². The summed E-state index contributed by atoms with van der Waals surface area (Å²) in [5.41, 5.74) is 2.17. The molecule has 1 heterocycles. The van der Waals surface area contributed by atoms with E-state index in [9.17, 15) is 4.79 Å². The number of piperazine rings is 1. The van der Waals surface area contributed by atoms with E-state index in [-0.39, 0.29) is 17.9 Å². The first-order valence-electron chi connectivity index (χ1n) is 10.3. The number of rotatable bonds is 6. The fraction of sp³-hybridized carbons (Fsp3) is 0.435. The molecule has 160 valence electrons. The van der Waals surface area contributed by atoms with Gasteiger partial charge in [-0.15, -0.1) is 0 Å². The predicted octanol–water partition coefficient (Wildman–Crippen LogP) is 5.71. The molecule has 4 rings (SSSR count). The van der Waals surface area contributed by atoms with Gasteiger partial charge >= 0.3 is 5.97 Å². The Bertz CT molecular complexity index is 906. The van der Waals surface area contributed by atoms with Crippen LogP contribution in [0.5, 0.6) is 0 Å². The maximum atomic E-state index is 12.0. The Morgan fingerprint density at radius 1 is 1.07 bits per heavy atom. The summed E-state index contributed by atoms with van der Waals surface area (Å²) in [6.45, 7) is 5.82. The van der Waals surface area contributed by atoms with Gasteiger partial charge in [0.25, 0.3) is 0 Å². The Kier molecular flexibility index (Phi) is 6.78. The minimum Gasteiger partial charge on any atom is -0.466 e. The fourth-order valence-corrected chi connectivity index (χ4v) is 4.94. The van der Waals surface area contributed by atoms with Crippen LogP contribution in [-0.2, 0) is 9.53 Å². The zero-order chi connectivity index (χ0) is 21.3. The van der Waals surface area contributed by atoms with E-state index >= 15 is 0 Å². The Morgan fingerprint density at radius 2 is 1.80 bits per heavy atom. The molecule has 7 heteroatoms. The standard InChI is InChI=1S/C23H25Cl3N2O2/c1-2-30-23(29)19-11-16(19)13-27-9-10-28(21-8-7-18(25)12-20(21)26)22(14-27)15-3-5-17(24)6-4-15/h3-8,12,16,19,22H,2,9-11,13-14H2,1H3. The summed E-state index contributed by atoms with van der Waals surface area (Å²) in [4.78, 5) is 16.8. The molecule has 0 bridgehead atoms. The Morgan fingerprint density at radius 3 is 2.50 bits per heavy atom. The molecule has 0 aromatic heterocycles. The van der Waals surface area contributed by atoms with E-state index in [2.05, 4.69) is 21.9 Å². The molecule has 2 aromatic rings. The van der Waals surface area contributed by atoms with Crippen molar-refractivity contribution < 1.29 is 9.53 Å². The van der Waals surface area contributed by atoms with E-state index in [1.807, 2.05) is 31.2 Å². The summed E-state index contributed by atoms with van der Waals surface area (Å²) >= 11 is 18.8. The molecular weight excluding hydrogens is 443 g/mol. The molecule has 0 amide bonds. The summed E-state index contributed by atoms with van der Waals surface area (Å²) < 4.78 is 5.18. The van der Waals surface area contributed by atoms with E-state index in [1.165, 1.54) is 5.56 Å². The van der Waals surface area contributed by atoms with Gasteiger partial charge in [-0.3, -0.25) is 9.69 Å². The maximum absolute atomic E-state index is 12.0. The van der Waals surface area contributed by atoms with Gasteiger partial charge < -0.3 is 9.64 Å². The van der Waals surface area contributed by atoms with Crippen LogP contribution in [0, 0.1) is 11.8 Å². The molecule has 2 fully saturated rings. The van der Waals surface area contributed by atoms with Crippen LogP contribution in [0.25, 0.3) is 0 Å². The summed E-state index contributed by atoms with van der Waals surface area (Å²) in [6.07, 6.45) is 0.924. The lowest BCUT2D eigenvalue weighted by molar-refractivity contribution is -0.145. The third-order valence-corrected chi connectivity index (χ3v) is 6.73. The lowest BCUT2D eigenvalue weighted by Gasteiger charge is -2.43. The molecule has 30 heavy (non-hydrogen) atoms. The second-order valence-corrected chi connectivity index (χ2v) is 9.25. The third kappa shape index (κ3) is 4.88. The van der Waals surface area contributed by atoms with Crippen LogP contribution < -0.4 is 4.90 Å². The first kappa shape index (κ1) is 21.8. The van der Waals surface area contributed by atoms with E-state index < -0.39 is 0 Å². The van der Waals surface area contributed by atoms with Crippen molar-refractivity contribution in [2.24, 2.45) is 11.8 Å². The zero-order valence-corrected chi connectivity index (χ0v) is 19.1. The van der Waals surface area contributed by atoms with Gasteiger partial charge in [-0.05, 0) is 55.2 Å². The van der Waals surface area contributed by atoms with Gasteiger partial charge in [-0.2, -0.15) is 0 Å². The smallest absolute Gasteiger partial charge is 0.309 e. The number of carbonyl (C=O) groups is 1. The third-order valence-electron chi connectivity index (χ3n) is 5.94. The Labute approximate surface area is 192 Å². The molecule has 3 unspecified atom stereocenters. The van der Waals surface area contributed by atoms with Gasteiger partial charge in [0.1, 0.15) is 0 Å². The van der Waals surface area contributed by atoms with Gasteiger partial charge in [0.15, 0.2) is 0 Å². The molecule has 0 N–H and O–H groups in total. The largest absolute Gasteiger partial charge is 0.466 e. The molecule has 1 saturated carbocycles. The van der Waals surface area contributed by atoms with Crippen molar-refractivity contribution in [1.82, 2.24) is 4.90 Å². The highest BCUT2D eigenvalue weighted by molar-refractivity contribution is 6.36. The van der Waals surface area contributed by atoms with Gasteiger partial charge in [-0.25, -0.2) is 0 Å². The van der Waals surface area contributed by atoms with E-state index in [1.54, 1.807) is 6.07 Å². The van der Waals surface area contributed by atoms with Crippen LogP contribution in [0.1, 0.15) is 24.9 Å². The quantitative estimate of drug-likeness (QED) is 0.509. The van der Waals surface area contributed by atoms with E-state index in [0.29, 0.717) is 22.6 Å². The van der Waals surface area contributed by atoms with Gasteiger partial charge in [-0.1, -0.05) is 46.9 Å². The van der Waals surface area contributed by atoms with Gasteiger partial charge in [0.2, 0.25) is 0 Å². The lowest BCUT2D eigenvalue weighted by Crippen LogP contribution is -2.49. The van der Waals surface area contributed by atoms with E-state index in [0.717, 1.165) is 43.3 Å². The molecule has 4 nitrogen and oxygen atoms in total. The molecule has 1 aliphatic heterocycles. The monoisotopic (exact) mass is 466 g/mol. The van der Waals surface area contributed by atoms with Crippen LogP contribution >= 0.6 is 34.8 Å². The SMILES string of the molecule is CCOC(=O)C1CC1CN1CCN(c2ccc(Cl)cc2Cl)C(c2ccc(Cl)cc2)C1. The van der Waals surface area contributed by atoms with Crippen molar-refractivity contribution >= 4 is 46.5 Å². The van der Waals surface area contributed by atoms with Crippen LogP contribution in [-0.4, -0.2) is 43.7 Å². The fourth-order valence-electron chi connectivity index (χ4n) is 4.30. The number of anilines is 1. The Balaban J connectivity index is 1.52. The highest BCUT2D eigenvalue weighted by Gasteiger charge is 2.45. The van der Waals surface area contributed by atoms with Crippen molar-refractivity contribution in [2.45, 2.75) is 19.4 Å². The molecule has 1 aliphatic carbocycles. The van der Waals surface area contributed by atoms with Crippen molar-refractivity contribution in [1.29, 1.82) is 0 Å². The number of benzene rings is 2. The predicted molar refractivity (Wildman–Crippen MR) is 123 cm³/mol. The Hall–Kier alpha value is -1.46. The molecule has 3 atom stereocenters. The van der Waals surface area contributed by atoms with Crippen molar-refractivity contribution in [3.05, 3.63) is 63.1 Å². The van der Waals surface area contributed by atoms with Crippen molar-refractivity contribution in [3.8, 4) is 0 Å². The van der Waals surface area contributed by atoms with E-state index in [4.69, 9.17) is 39.5 Å².